The number of rotatable bonds is 6. The van der Waals surface area contributed by atoms with Crippen LogP contribution < -0.4 is 0 Å². The van der Waals surface area contributed by atoms with Crippen molar-refractivity contribution < 1.29 is 33.0 Å². The standard InChI is InChI=1S/C12H22NO7P/c1-9(2)11(14)18-7-10-5-4-6-13(10)12(15)19-8-20-21(3,16)17/h9-10H,4-8H2,1-3H3,(H,16,17). The summed E-state index contributed by atoms with van der Waals surface area (Å²) in [7, 11) is -3.67. The van der Waals surface area contributed by atoms with Gasteiger partial charge in [-0.1, -0.05) is 13.8 Å². The Hall–Kier alpha value is -1.11. The molecule has 0 aromatic heterocycles. The van der Waals surface area contributed by atoms with Gasteiger partial charge in [-0.15, -0.1) is 0 Å². The highest BCUT2D eigenvalue weighted by molar-refractivity contribution is 7.51. The molecule has 1 aliphatic heterocycles. The zero-order valence-corrected chi connectivity index (χ0v) is 13.4. The van der Waals surface area contributed by atoms with Gasteiger partial charge in [0.1, 0.15) is 6.61 Å². The molecule has 1 rings (SSSR count). The quantitative estimate of drug-likeness (QED) is 0.449. The Morgan fingerprint density at radius 1 is 1.38 bits per heavy atom. The van der Waals surface area contributed by atoms with E-state index in [0.717, 1.165) is 13.1 Å². The lowest BCUT2D eigenvalue weighted by molar-refractivity contribution is -0.148. The van der Waals surface area contributed by atoms with Gasteiger partial charge in [0.25, 0.3) is 0 Å². The molecule has 0 bridgehead atoms. The summed E-state index contributed by atoms with van der Waals surface area (Å²) in [6.07, 6.45) is 0.853. The molecule has 0 aromatic carbocycles. The minimum Gasteiger partial charge on any atom is -0.463 e. The molecule has 1 heterocycles. The Morgan fingerprint density at radius 3 is 2.62 bits per heavy atom. The van der Waals surface area contributed by atoms with Gasteiger partial charge < -0.3 is 19.3 Å². The Morgan fingerprint density at radius 2 is 2.05 bits per heavy atom. The second kappa shape index (κ2) is 7.77. The van der Waals surface area contributed by atoms with E-state index in [1.54, 1.807) is 13.8 Å². The van der Waals surface area contributed by atoms with E-state index >= 15 is 0 Å². The summed E-state index contributed by atoms with van der Waals surface area (Å²) in [6, 6.07) is -0.234. The van der Waals surface area contributed by atoms with Gasteiger partial charge in [0.15, 0.2) is 0 Å². The van der Waals surface area contributed by atoms with Crippen LogP contribution in [0.4, 0.5) is 4.79 Å². The molecule has 0 aromatic rings. The van der Waals surface area contributed by atoms with Crippen LogP contribution in [0.5, 0.6) is 0 Å². The monoisotopic (exact) mass is 323 g/mol. The number of likely N-dealkylation sites (tertiary alicyclic amines) is 1. The number of esters is 1. The summed E-state index contributed by atoms with van der Waals surface area (Å²) < 4.78 is 25.3. The maximum Gasteiger partial charge on any atom is 0.412 e. The molecule has 1 aliphatic rings. The Bertz CT molecular complexity index is 420. The van der Waals surface area contributed by atoms with Gasteiger partial charge >= 0.3 is 19.7 Å². The summed E-state index contributed by atoms with van der Waals surface area (Å²) in [5.41, 5.74) is 0. The molecule has 1 saturated heterocycles. The lowest BCUT2D eigenvalue weighted by Crippen LogP contribution is -2.39. The fourth-order valence-electron chi connectivity index (χ4n) is 1.85. The summed E-state index contributed by atoms with van der Waals surface area (Å²) in [5.74, 6) is -0.533. The van der Waals surface area contributed by atoms with Crippen LogP contribution in [0.3, 0.4) is 0 Å². The third kappa shape index (κ3) is 6.46. The molecule has 8 nitrogen and oxygen atoms in total. The van der Waals surface area contributed by atoms with Gasteiger partial charge in [0.05, 0.1) is 12.0 Å². The van der Waals surface area contributed by atoms with Crippen molar-refractivity contribution in [3.63, 3.8) is 0 Å². The van der Waals surface area contributed by atoms with E-state index in [1.807, 2.05) is 0 Å². The van der Waals surface area contributed by atoms with Crippen LogP contribution in [0.2, 0.25) is 0 Å². The van der Waals surface area contributed by atoms with E-state index in [1.165, 1.54) is 4.90 Å². The Labute approximate surface area is 123 Å². The van der Waals surface area contributed by atoms with E-state index in [2.05, 4.69) is 4.52 Å². The highest BCUT2D eigenvalue weighted by Gasteiger charge is 2.31. The topological polar surface area (TPSA) is 102 Å². The number of carbonyl (C=O) groups is 2. The molecule has 9 heteroatoms. The number of amides is 1. The predicted molar refractivity (Wildman–Crippen MR) is 73.7 cm³/mol. The third-order valence-electron chi connectivity index (χ3n) is 2.98. The van der Waals surface area contributed by atoms with E-state index < -0.39 is 20.5 Å². The smallest absolute Gasteiger partial charge is 0.412 e. The van der Waals surface area contributed by atoms with E-state index in [4.69, 9.17) is 14.4 Å². The molecule has 0 saturated carbocycles. The van der Waals surface area contributed by atoms with Crippen molar-refractivity contribution in [3.05, 3.63) is 0 Å². The summed E-state index contributed by atoms with van der Waals surface area (Å²) in [4.78, 5) is 33.6. The molecule has 1 fully saturated rings. The average Bonchev–Trinajstić information content (AvgIpc) is 2.82. The van der Waals surface area contributed by atoms with Gasteiger partial charge in [-0.05, 0) is 12.8 Å². The number of hydrogen-bond donors (Lipinski definition) is 1. The first kappa shape index (κ1) is 17.9. The molecule has 0 radical (unpaired) electrons. The van der Waals surface area contributed by atoms with Crippen LogP contribution in [0.25, 0.3) is 0 Å². The first-order chi connectivity index (χ1) is 9.70. The first-order valence-corrected chi connectivity index (χ1v) is 8.78. The SMILES string of the molecule is CC(C)C(=O)OCC1CCCN1C(=O)OCOP(C)(=O)O. The molecule has 21 heavy (non-hydrogen) atoms. The zero-order chi connectivity index (χ0) is 16.0. The summed E-state index contributed by atoms with van der Waals surface area (Å²) >= 11 is 0. The van der Waals surface area contributed by atoms with Crippen molar-refractivity contribution in [2.24, 2.45) is 5.92 Å². The fourth-order valence-corrected chi connectivity index (χ4v) is 2.10. The van der Waals surface area contributed by atoms with Crippen LogP contribution in [-0.2, 0) is 23.4 Å². The first-order valence-electron chi connectivity index (χ1n) is 6.75. The van der Waals surface area contributed by atoms with Gasteiger partial charge in [0, 0.05) is 13.2 Å². The van der Waals surface area contributed by atoms with Crippen LogP contribution >= 0.6 is 7.60 Å². The summed E-state index contributed by atoms with van der Waals surface area (Å²) in [6.45, 7) is 4.50. The lowest BCUT2D eigenvalue weighted by atomic mass is 10.2. The van der Waals surface area contributed by atoms with Gasteiger partial charge in [-0.25, -0.2) is 4.79 Å². The minimum absolute atomic E-state index is 0.124. The van der Waals surface area contributed by atoms with Crippen LogP contribution in [-0.4, -0.2) is 54.5 Å². The summed E-state index contributed by atoms with van der Waals surface area (Å²) in [5, 5.41) is 0. The third-order valence-corrected chi connectivity index (χ3v) is 3.56. The second-order valence-electron chi connectivity index (χ2n) is 5.23. The van der Waals surface area contributed by atoms with Crippen molar-refractivity contribution in [1.82, 2.24) is 4.90 Å². The van der Waals surface area contributed by atoms with Crippen molar-refractivity contribution in [3.8, 4) is 0 Å². The Kier molecular flexibility index (Phi) is 6.64. The maximum absolute atomic E-state index is 11.8. The fraction of sp³-hybridized carbons (Fsp3) is 0.833. The molecular formula is C12H22NO7P. The largest absolute Gasteiger partial charge is 0.463 e. The van der Waals surface area contributed by atoms with Gasteiger partial charge in [-0.3, -0.25) is 13.9 Å². The highest BCUT2D eigenvalue weighted by Crippen LogP contribution is 2.36. The second-order valence-corrected chi connectivity index (χ2v) is 7.10. The molecule has 2 atom stereocenters. The normalized spacial score (nSPS) is 21.2. The average molecular weight is 323 g/mol. The van der Waals surface area contributed by atoms with Crippen molar-refractivity contribution in [2.45, 2.75) is 32.7 Å². The lowest BCUT2D eigenvalue weighted by Gasteiger charge is -2.24. The molecule has 0 aliphatic carbocycles. The minimum atomic E-state index is -3.67. The van der Waals surface area contributed by atoms with Crippen molar-refractivity contribution >= 4 is 19.7 Å². The van der Waals surface area contributed by atoms with Crippen molar-refractivity contribution in [2.75, 3.05) is 26.6 Å². The van der Waals surface area contributed by atoms with Crippen LogP contribution in [0.15, 0.2) is 0 Å². The number of hydrogen-bond acceptors (Lipinski definition) is 6. The molecule has 122 valence electrons. The maximum atomic E-state index is 11.8. The van der Waals surface area contributed by atoms with E-state index in [-0.39, 0.29) is 24.5 Å². The highest BCUT2D eigenvalue weighted by atomic mass is 31.2. The molecule has 2 unspecified atom stereocenters. The molecule has 1 N–H and O–H groups in total. The van der Waals surface area contributed by atoms with Crippen LogP contribution in [0.1, 0.15) is 26.7 Å². The van der Waals surface area contributed by atoms with E-state index in [9.17, 15) is 14.2 Å². The van der Waals surface area contributed by atoms with Gasteiger partial charge in [0.2, 0.25) is 6.79 Å². The predicted octanol–water partition coefficient (Wildman–Crippen LogP) is 1.58. The number of nitrogens with zero attached hydrogens (tertiary/aromatic N) is 1. The Balaban J connectivity index is 2.40. The zero-order valence-electron chi connectivity index (χ0n) is 12.5. The van der Waals surface area contributed by atoms with Crippen LogP contribution in [0, 0.1) is 5.92 Å². The molecule has 0 spiro atoms. The van der Waals surface area contributed by atoms with Gasteiger partial charge in [-0.2, -0.15) is 0 Å². The number of ether oxygens (including phenoxy) is 2. The number of carbonyl (C=O) groups excluding carboxylic acids is 2. The molecular weight excluding hydrogens is 301 g/mol. The molecule has 1 amide bonds. The van der Waals surface area contributed by atoms with E-state index in [0.29, 0.717) is 13.0 Å². The van der Waals surface area contributed by atoms with Crippen molar-refractivity contribution in [1.29, 1.82) is 0 Å².